The molecule has 0 saturated carbocycles. The Labute approximate surface area is 175 Å². The van der Waals surface area contributed by atoms with Gasteiger partial charge < -0.3 is 15.0 Å². The Bertz CT molecular complexity index is 710. The predicted molar refractivity (Wildman–Crippen MR) is 116 cm³/mol. The second-order valence-electron chi connectivity index (χ2n) is 5.72. The topological polar surface area (TPSA) is 49.8 Å². The van der Waals surface area contributed by atoms with E-state index in [1.165, 1.54) is 6.07 Å². The van der Waals surface area contributed by atoms with Crippen molar-refractivity contribution in [3.63, 3.8) is 0 Å². The van der Waals surface area contributed by atoms with Crippen LogP contribution in [0.25, 0.3) is 0 Å². The first-order valence-corrected chi connectivity index (χ1v) is 9.15. The molecule has 0 saturated heterocycles. The fourth-order valence-corrected chi connectivity index (χ4v) is 2.98. The van der Waals surface area contributed by atoms with Crippen LogP contribution in [-0.2, 0) is 6.54 Å². The summed E-state index contributed by atoms with van der Waals surface area (Å²) in [6.07, 6.45) is 0.608. The lowest BCUT2D eigenvalue weighted by molar-refractivity contribution is 0.190. The zero-order valence-electron chi connectivity index (χ0n) is 15.5. The third-order valence-electron chi connectivity index (χ3n) is 3.71. The van der Waals surface area contributed by atoms with Crippen LogP contribution in [-0.4, -0.2) is 42.6 Å². The lowest BCUT2D eigenvalue weighted by Gasteiger charge is -2.24. The van der Waals surface area contributed by atoms with Gasteiger partial charge in [0.2, 0.25) is 0 Å². The maximum Gasteiger partial charge on any atom is 0.193 e. The van der Waals surface area contributed by atoms with E-state index in [2.05, 4.69) is 20.7 Å². The first kappa shape index (κ1) is 22.6. The minimum Gasteiger partial charge on any atom is -0.486 e. The smallest absolute Gasteiger partial charge is 0.193 e. The van der Waals surface area contributed by atoms with Crippen LogP contribution in [0.15, 0.2) is 34.6 Å². The third kappa shape index (κ3) is 6.71. The summed E-state index contributed by atoms with van der Waals surface area (Å²) in [5, 5.41) is 6.39. The van der Waals surface area contributed by atoms with Crippen LogP contribution in [0.4, 0.5) is 4.39 Å². The molecule has 0 spiro atoms. The average Bonchev–Trinajstić information content (AvgIpc) is 3.00. The molecule has 1 atom stereocenters. The summed E-state index contributed by atoms with van der Waals surface area (Å²) >= 11 is 1.64. The van der Waals surface area contributed by atoms with Gasteiger partial charge in [0.05, 0.1) is 23.8 Å². The number of hydrogen-bond donors (Lipinski definition) is 1. The molecule has 144 valence electrons. The molecule has 8 heteroatoms. The Morgan fingerprint density at radius 1 is 1.42 bits per heavy atom. The van der Waals surface area contributed by atoms with Crippen molar-refractivity contribution in [1.29, 1.82) is 0 Å². The van der Waals surface area contributed by atoms with E-state index in [0.29, 0.717) is 13.1 Å². The van der Waals surface area contributed by atoms with Gasteiger partial charge in [-0.3, -0.25) is 4.99 Å². The van der Waals surface area contributed by atoms with Crippen LogP contribution in [0.2, 0.25) is 0 Å². The second kappa shape index (κ2) is 11.3. The number of para-hydroxylation sites is 1. The van der Waals surface area contributed by atoms with Gasteiger partial charge in [0.1, 0.15) is 6.10 Å². The highest BCUT2D eigenvalue weighted by molar-refractivity contribution is 14.0. The predicted octanol–water partition coefficient (Wildman–Crippen LogP) is 4.07. The normalized spacial score (nSPS) is 12.3. The van der Waals surface area contributed by atoms with Crippen LogP contribution in [0, 0.1) is 12.7 Å². The molecule has 5 nitrogen and oxygen atoms in total. The number of aryl methyl sites for hydroxylation is 1. The molecule has 1 aromatic heterocycles. The number of halogens is 2. The van der Waals surface area contributed by atoms with Gasteiger partial charge in [0.25, 0.3) is 0 Å². The highest BCUT2D eigenvalue weighted by Crippen LogP contribution is 2.18. The number of aromatic nitrogens is 1. The standard InChI is InChI=1S/C18H25FN4OS.HI/c1-5-15(24-17-9-7-6-8-16(17)19)10-21-18(20-3)23(4)11-14-12-25-13(2)22-14;/h6-9,12,15H,5,10-11H2,1-4H3,(H,20,21);1H. The van der Waals surface area contributed by atoms with Crippen molar-refractivity contribution in [2.75, 3.05) is 20.6 Å². The van der Waals surface area contributed by atoms with Crippen molar-refractivity contribution in [3.8, 4) is 5.75 Å². The van der Waals surface area contributed by atoms with E-state index >= 15 is 0 Å². The Hall–Kier alpha value is -1.42. The van der Waals surface area contributed by atoms with E-state index in [9.17, 15) is 4.39 Å². The van der Waals surface area contributed by atoms with Gasteiger partial charge in [0.15, 0.2) is 17.5 Å². The first-order chi connectivity index (χ1) is 12.0. The molecule has 1 heterocycles. The number of thiazole rings is 1. The van der Waals surface area contributed by atoms with Crippen molar-refractivity contribution < 1.29 is 9.13 Å². The molecule has 1 unspecified atom stereocenters. The molecule has 0 aliphatic heterocycles. The molecule has 26 heavy (non-hydrogen) atoms. The zero-order chi connectivity index (χ0) is 18.2. The fourth-order valence-electron chi connectivity index (χ4n) is 2.38. The van der Waals surface area contributed by atoms with Gasteiger partial charge in [-0.05, 0) is 25.5 Å². The third-order valence-corrected chi connectivity index (χ3v) is 4.53. The maximum absolute atomic E-state index is 13.7. The van der Waals surface area contributed by atoms with E-state index in [0.717, 1.165) is 23.1 Å². The van der Waals surface area contributed by atoms with E-state index in [1.807, 2.05) is 25.8 Å². The minimum absolute atomic E-state index is 0. The number of aliphatic imine (C=N–C) groups is 1. The number of ether oxygens (including phenoxy) is 1. The summed E-state index contributed by atoms with van der Waals surface area (Å²) in [4.78, 5) is 10.8. The summed E-state index contributed by atoms with van der Waals surface area (Å²) < 4.78 is 19.5. The number of rotatable bonds is 7. The Kier molecular flexibility index (Phi) is 9.85. The van der Waals surface area contributed by atoms with Crippen molar-refractivity contribution in [2.45, 2.75) is 32.9 Å². The second-order valence-corrected chi connectivity index (χ2v) is 6.78. The van der Waals surface area contributed by atoms with Gasteiger partial charge in [-0.25, -0.2) is 9.37 Å². The Morgan fingerprint density at radius 3 is 2.73 bits per heavy atom. The molecule has 1 N–H and O–H groups in total. The molecule has 0 amide bonds. The first-order valence-electron chi connectivity index (χ1n) is 8.27. The summed E-state index contributed by atoms with van der Waals surface area (Å²) in [6, 6.07) is 6.46. The van der Waals surface area contributed by atoms with Crippen LogP contribution in [0.5, 0.6) is 5.75 Å². The SMILES string of the molecule is CCC(CNC(=NC)N(C)Cc1csc(C)n1)Oc1ccccc1F.I. The molecule has 0 aliphatic carbocycles. The monoisotopic (exact) mass is 492 g/mol. The van der Waals surface area contributed by atoms with Gasteiger partial charge >= 0.3 is 0 Å². The molecular weight excluding hydrogens is 466 g/mol. The van der Waals surface area contributed by atoms with Gasteiger partial charge in [0, 0.05) is 19.5 Å². The number of benzene rings is 1. The van der Waals surface area contributed by atoms with E-state index in [4.69, 9.17) is 4.74 Å². The zero-order valence-corrected chi connectivity index (χ0v) is 18.7. The quantitative estimate of drug-likeness (QED) is 0.360. The summed E-state index contributed by atoms with van der Waals surface area (Å²) in [5.41, 5.74) is 1.02. The summed E-state index contributed by atoms with van der Waals surface area (Å²) in [5.74, 6) is 0.681. The van der Waals surface area contributed by atoms with Crippen LogP contribution < -0.4 is 10.1 Å². The van der Waals surface area contributed by atoms with Gasteiger partial charge in [-0.1, -0.05) is 19.1 Å². The number of hydrogen-bond acceptors (Lipinski definition) is 4. The van der Waals surface area contributed by atoms with Crippen molar-refractivity contribution in [1.82, 2.24) is 15.2 Å². The molecule has 1 aromatic carbocycles. The molecule has 0 fully saturated rings. The highest BCUT2D eigenvalue weighted by Gasteiger charge is 2.14. The Balaban J connectivity index is 0.00000338. The molecule has 0 radical (unpaired) electrons. The van der Waals surface area contributed by atoms with E-state index in [-0.39, 0.29) is 41.6 Å². The largest absolute Gasteiger partial charge is 0.486 e. The van der Waals surface area contributed by atoms with Crippen molar-refractivity contribution in [3.05, 3.63) is 46.2 Å². The van der Waals surface area contributed by atoms with Crippen molar-refractivity contribution in [2.24, 2.45) is 4.99 Å². The Morgan fingerprint density at radius 2 is 2.15 bits per heavy atom. The summed E-state index contributed by atoms with van der Waals surface area (Å²) in [7, 11) is 3.70. The lowest BCUT2D eigenvalue weighted by atomic mass is 10.2. The van der Waals surface area contributed by atoms with Gasteiger partial charge in [-0.2, -0.15) is 0 Å². The van der Waals surface area contributed by atoms with Crippen molar-refractivity contribution >= 4 is 41.3 Å². The maximum atomic E-state index is 13.7. The molecule has 2 aromatic rings. The molecule has 2 rings (SSSR count). The summed E-state index contributed by atoms with van der Waals surface area (Å²) in [6.45, 7) is 5.22. The van der Waals surface area contributed by atoms with Gasteiger partial charge in [-0.15, -0.1) is 35.3 Å². The number of nitrogens with one attached hydrogen (secondary N) is 1. The lowest BCUT2D eigenvalue weighted by Crippen LogP contribution is -2.43. The van der Waals surface area contributed by atoms with Crippen LogP contribution in [0.3, 0.4) is 0 Å². The van der Waals surface area contributed by atoms with Crippen LogP contribution in [0.1, 0.15) is 24.0 Å². The van der Waals surface area contributed by atoms with E-state index < -0.39 is 0 Å². The minimum atomic E-state index is -0.346. The number of nitrogens with zero attached hydrogens (tertiary/aromatic N) is 3. The van der Waals surface area contributed by atoms with Crippen LogP contribution >= 0.6 is 35.3 Å². The average molecular weight is 492 g/mol. The molecule has 0 bridgehead atoms. The van der Waals surface area contributed by atoms with E-state index in [1.54, 1.807) is 36.6 Å². The molecule has 0 aliphatic rings. The number of guanidine groups is 1. The fraction of sp³-hybridized carbons (Fsp3) is 0.444. The molecular formula is C18H26FIN4OS. The highest BCUT2D eigenvalue weighted by atomic mass is 127.